The summed E-state index contributed by atoms with van der Waals surface area (Å²) in [6, 6.07) is 2.20. The van der Waals surface area contributed by atoms with Crippen LogP contribution in [-0.4, -0.2) is 17.2 Å². The van der Waals surface area contributed by atoms with E-state index in [0.29, 0.717) is 16.9 Å². The lowest BCUT2D eigenvalue weighted by molar-refractivity contribution is 0.491. The quantitative estimate of drug-likeness (QED) is 0.907. The second kappa shape index (κ2) is 5.40. The van der Waals surface area contributed by atoms with E-state index in [2.05, 4.69) is 36.8 Å². The lowest BCUT2D eigenvalue weighted by atomic mass is 10.3. The largest absolute Gasteiger partial charge is 0.406 e. The molecule has 0 aliphatic heterocycles. The van der Waals surface area contributed by atoms with Crippen LogP contribution < -0.4 is 10.6 Å². The number of halogens is 3. The highest BCUT2D eigenvalue weighted by Gasteiger charge is 2.13. The zero-order valence-corrected chi connectivity index (χ0v) is 10.9. The normalized spacial score (nSPS) is 10.7. The molecule has 1 aromatic carbocycles. The van der Waals surface area contributed by atoms with Crippen LogP contribution in [0.1, 0.15) is 5.89 Å². The van der Waals surface area contributed by atoms with Gasteiger partial charge in [0.25, 0.3) is 0 Å². The first-order valence-corrected chi connectivity index (χ1v) is 5.78. The van der Waals surface area contributed by atoms with E-state index in [9.17, 15) is 8.78 Å². The van der Waals surface area contributed by atoms with E-state index in [1.807, 2.05) is 0 Å². The summed E-state index contributed by atoms with van der Waals surface area (Å²) >= 11 is 2.99. The van der Waals surface area contributed by atoms with Crippen LogP contribution in [0, 0.1) is 11.6 Å². The number of benzene rings is 1. The van der Waals surface area contributed by atoms with Crippen molar-refractivity contribution in [2.75, 3.05) is 12.4 Å². The van der Waals surface area contributed by atoms with E-state index in [1.54, 1.807) is 7.05 Å². The molecule has 0 spiro atoms. The maximum absolute atomic E-state index is 13.5. The molecule has 0 radical (unpaired) electrons. The summed E-state index contributed by atoms with van der Waals surface area (Å²) in [5.74, 6) is -1.19. The molecule has 0 aliphatic carbocycles. The summed E-state index contributed by atoms with van der Waals surface area (Å²) in [6.07, 6.45) is 0. The van der Waals surface area contributed by atoms with Gasteiger partial charge in [0, 0.05) is 4.47 Å². The fourth-order valence-electron chi connectivity index (χ4n) is 1.30. The number of aromatic nitrogens is 2. The van der Waals surface area contributed by atoms with E-state index in [0.717, 1.165) is 12.1 Å². The van der Waals surface area contributed by atoms with Crippen LogP contribution in [0.5, 0.6) is 0 Å². The van der Waals surface area contributed by atoms with Gasteiger partial charge in [-0.05, 0) is 19.2 Å². The summed E-state index contributed by atoms with van der Waals surface area (Å²) in [7, 11) is 1.71. The van der Waals surface area contributed by atoms with Gasteiger partial charge in [0.1, 0.15) is 5.69 Å². The van der Waals surface area contributed by atoms with Gasteiger partial charge in [-0.25, -0.2) is 8.78 Å². The predicted octanol–water partition coefficient (Wildman–Crippen LogP) is 2.57. The van der Waals surface area contributed by atoms with Crippen LogP contribution in [0.15, 0.2) is 21.0 Å². The second-order valence-corrected chi connectivity index (χ2v) is 4.32. The number of nitrogens with zero attached hydrogens (tertiary/aromatic N) is 2. The summed E-state index contributed by atoms with van der Waals surface area (Å²) in [4.78, 5) is 0. The van der Waals surface area contributed by atoms with Gasteiger partial charge in [-0.3, -0.25) is 0 Å². The van der Waals surface area contributed by atoms with Crippen LogP contribution in [0.2, 0.25) is 0 Å². The highest BCUT2D eigenvalue weighted by molar-refractivity contribution is 9.10. The maximum Gasteiger partial charge on any atom is 0.320 e. The molecule has 18 heavy (non-hydrogen) atoms. The Balaban J connectivity index is 2.22. The van der Waals surface area contributed by atoms with Gasteiger partial charge in [-0.15, -0.1) is 5.10 Å². The Hall–Kier alpha value is -1.54. The number of hydrogen-bond acceptors (Lipinski definition) is 5. The van der Waals surface area contributed by atoms with Gasteiger partial charge in [-0.1, -0.05) is 21.0 Å². The minimum Gasteiger partial charge on any atom is -0.406 e. The lowest BCUT2D eigenvalue weighted by Gasteiger charge is -2.05. The molecule has 96 valence electrons. The van der Waals surface area contributed by atoms with Crippen molar-refractivity contribution in [3.8, 4) is 0 Å². The van der Waals surface area contributed by atoms with Crippen LogP contribution >= 0.6 is 15.9 Å². The Kier molecular flexibility index (Phi) is 3.87. The van der Waals surface area contributed by atoms with Crippen molar-refractivity contribution in [3.63, 3.8) is 0 Å². The summed E-state index contributed by atoms with van der Waals surface area (Å²) in [5, 5.41) is 12.5. The van der Waals surface area contributed by atoms with Gasteiger partial charge in [0.05, 0.1) is 6.54 Å². The Morgan fingerprint density at radius 3 is 2.56 bits per heavy atom. The molecule has 1 aromatic heterocycles. The van der Waals surface area contributed by atoms with Crippen LogP contribution in [0.25, 0.3) is 0 Å². The highest BCUT2D eigenvalue weighted by atomic mass is 79.9. The van der Waals surface area contributed by atoms with Gasteiger partial charge >= 0.3 is 6.01 Å². The van der Waals surface area contributed by atoms with Crippen molar-refractivity contribution < 1.29 is 13.2 Å². The maximum atomic E-state index is 13.5. The first-order chi connectivity index (χ1) is 8.60. The molecule has 0 unspecified atom stereocenters. The smallest absolute Gasteiger partial charge is 0.320 e. The van der Waals surface area contributed by atoms with E-state index >= 15 is 0 Å². The predicted molar refractivity (Wildman–Crippen MR) is 64.4 cm³/mol. The molecule has 0 atom stereocenters. The van der Waals surface area contributed by atoms with E-state index in [4.69, 9.17) is 4.42 Å². The Morgan fingerprint density at radius 2 is 1.94 bits per heavy atom. The molecular formula is C10H9BrF2N4O. The molecule has 2 N–H and O–H groups in total. The minimum atomic E-state index is -0.754. The van der Waals surface area contributed by atoms with Crippen molar-refractivity contribution >= 4 is 27.6 Å². The topological polar surface area (TPSA) is 63.0 Å². The zero-order chi connectivity index (χ0) is 13.1. The van der Waals surface area contributed by atoms with Gasteiger partial charge < -0.3 is 15.1 Å². The number of rotatable bonds is 4. The molecule has 0 aliphatic rings. The molecule has 0 saturated carbocycles. The van der Waals surface area contributed by atoms with Crippen molar-refractivity contribution in [2.45, 2.75) is 6.54 Å². The molecule has 8 heteroatoms. The van der Waals surface area contributed by atoms with Gasteiger partial charge in [0.15, 0.2) is 11.6 Å². The molecule has 2 rings (SSSR count). The SMILES string of the molecule is CNCc1nnc(Nc2c(F)cc(Br)cc2F)o1. The Labute approximate surface area is 110 Å². The molecule has 0 amide bonds. The summed E-state index contributed by atoms with van der Waals surface area (Å²) in [6.45, 7) is 0.375. The molecule has 0 bridgehead atoms. The van der Waals surface area contributed by atoms with E-state index < -0.39 is 11.6 Å². The average molecular weight is 319 g/mol. The van der Waals surface area contributed by atoms with Crippen LogP contribution in [-0.2, 0) is 6.54 Å². The monoisotopic (exact) mass is 318 g/mol. The number of hydrogen-bond donors (Lipinski definition) is 2. The van der Waals surface area contributed by atoms with Crippen LogP contribution in [0.3, 0.4) is 0 Å². The summed E-state index contributed by atoms with van der Waals surface area (Å²) in [5.41, 5.74) is -0.335. The minimum absolute atomic E-state index is 0.0691. The van der Waals surface area contributed by atoms with E-state index in [-0.39, 0.29) is 11.7 Å². The first-order valence-electron chi connectivity index (χ1n) is 4.98. The third kappa shape index (κ3) is 2.82. The van der Waals surface area contributed by atoms with Gasteiger partial charge in [0.2, 0.25) is 5.89 Å². The molecular weight excluding hydrogens is 310 g/mol. The molecule has 0 fully saturated rings. The molecule has 0 saturated heterocycles. The first kappa shape index (κ1) is 12.9. The highest BCUT2D eigenvalue weighted by Crippen LogP contribution is 2.26. The average Bonchev–Trinajstić information content (AvgIpc) is 2.72. The van der Waals surface area contributed by atoms with Gasteiger partial charge in [-0.2, -0.15) is 0 Å². The summed E-state index contributed by atoms with van der Waals surface area (Å²) < 4.78 is 32.5. The molecule has 5 nitrogen and oxygen atoms in total. The fourth-order valence-corrected chi connectivity index (χ4v) is 1.70. The molecule has 1 heterocycles. The van der Waals surface area contributed by atoms with E-state index in [1.165, 1.54) is 0 Å². The molecule has 2 aromatic rings. The Bertz CT molecular complexity index is 538. The lowest BCUT2D eigenvalue weighted by Crippen LogP contribution is -2.04. The Morgan fingerprint density at radius 1 is 1.28 bits per heavy atom. The van der Waals surface area contributed by atoms with Crippen molar-refractivity contribution in [1.82, 2.24) is 15.5 Å². The number of nitrogens with one attached hydrogen (secondary N) is 2. The zero-order valence-electron chi connectivity index (χ0n) is 9.30. The van der Waals surface area contributed by atoms with Crippen LogP contribution in [0.4, 0.5) is 20.5 Å². The third-order valence-corrected chi connectivity index (χ3v) is 2.49. The van der Waals surface area contributed by atoms with Crippen molar-refractivity contribution in [2.24, 2.45) is 0 Å². The fraction of sp³-hybridized carbons (Fsp3) is 0.200. The second-order valence-electron chi connectivity index (χ2n) is 3.40. The number of anilines is 2. The standard InChI is InChI=1S/C10H9BrF2N4O/c1-14-4-8-16-17-10(18-8)15-9-6(12)2-5(11)3-7(9)13/h2-3,14H,4H2,1H3,(H,15,17). The van der Waals surface area contributed by atoms with Crippen molar-refractivity contribution in [1.29, 1.82) is 0 Å². The van der Waals surface area contributed by atoms with Crippen molar-refractivity contribution in [3.05, 3.63) is 34.1 Å². The third-order valence-electron chi connectivity index (χ3n) is 2.03.